The van der Waals surface area contributed by atoms with E-state index in [4.69, 9.17) is 31.2 Å². The summed E-state index contributed by atoms with van der Waals surface area (Å²) in [6.45, 7) is 17.6. The molecule has 0 aromatic carbocycles. The lowest BCUT2D eigenvalue weighted by molar-refractivity contribution is -0.0400. The summed E-state index contributed by atoms with van der Waals surface area (Å²) >= 11 is 6.74. The van der Waals surface area contributed by atoms with E-state index in [0.29, 0.717) is 75.5 Å². The number of aromatic amines is 4. The highest BCUT2D eigenvalue weighted by atomic mass is 32.2. The third kappa shape index (κ3) is 20.1. The standard InChI is InChI=1S/C20H33N4O4PS.C16H26N5O4P.C15H24N5O4P.C15H23N4O3PS/c1-6-7-8-11-30-20-23-14-17(21-12(2)22-18(14)27)24(20)19-16(26)15(25)13(28-19)9-10-29(3,4)5;1-20(2)16-18-13-10(14(24)19-16)17-8-21(13)15-12(23)11(22)9(25-15)6-7-26(3,4)5;1-16-15-18-12-9(13(23)19-15)17-7-20(12)14-11(22)10(21)8(24-14)5-6-25(2,3)4;1-8-17-13-10(14(24)18-8)16-7-19(13)15-12(21)11(20)9(22-15)5-6-23(2,3)4/h13,15-16,19,25-26H,3,6-11H2,1-2,4-5H3,(H,21,22,27);8-9,11-12,15,22-23H,3,6-7H2,1-2,4-5H3,(H,18,19,24);7-8,10-11,14,21-22H,2,5-6H2,1,3-4H3,(H2,16,18,19,23);7,9,11-12,15,20-21H,2,5-6H2,1,3-4H3,(H,17,18,24)/t13-,15-,16-,19?;9-,11-,12-,15?;8-,10-,11-,14?;9-,11-,12-,15?/m1111/s1. The lowest BCUT2D eigenvalue weighted by atomic mass is 10.1. The average molecular weight is 1580 g/mol. The second kappa shape index (κ2) is 34.2. The van der Waals surface area contributed by atoms with E-state index in [1.54, 1.807) is 55.4 Å². The molecular formula is C66H106N18O15P4S2. The number of aromatic nitrogens is 16. The summed E-state index contributed by atoms with van der Waals surface area (Å²) < 4.78 is 30.7. The van der Waals surface area contributed by atoms with Gasteiger partial charge in [-0.05, 0) is 124 Å². The number of imidazole rings is 4. The summed E-state index contributed by atoms with van der Waals surface area (Å²) in [5.41, 5.74) is 1.60. The molecule has 4 aliphatic heterocycles. The molecule has 0 radical (unpaired) electrons. The Labute approximate surface area is 618 Å². The van der Waals surface area contributed by atoms with Gasteiger partial charge < -0.3 is 80.0 Å². The van der Waals surface area contributed by atoms with Crippen molar-refractivity contribution in [2.75, 3.05) is 115 Å². The van der Waals surface area contributed by atoms with Crippen LogP contribution in [0.25, 0.3) is 44.7 Å². The van der Waals surface area contributed by atoms with Crippen LogP contribution in [0.1, 0.15) is 88.4 Å². The van der Waals surface area contributed by atoms with Crippen LogP contribution in [0.3, 0.4) is 0 Å². The van der Waals surface area contributed by atoms with Crippen LogP contribution in [0.4, 0.5) is 11.9 Å². The van der Waals surface area contributed by atoms with E-state index in [1.165, 1.54) is 33.6 Å². The van der Waals surface area contributed by atoms with Crippen LogP contribution in [0.5, 0.6) is 0 Å². The van der Waals surface area contributed by atoms with Crippen molar-refractivity contribution in [2.24, 2.45) is 0 Å². The Balaban J connectivity index is 0.000000163. The van der Waals surface area contributed by atoms with Crippen molar-refractivity contribution in [2.45, 2.75) is 169 Å². The normalized spacial score (nSPS) is 26.5. The van der Waals surface area contributed by atoms with Gasteiger partial charge in [0.2, 0.25) is 11.9 Å². The summed E-state index contributed by atoms with van der Waals surface area (Å²) in [6.07, 6.45) is 16.7. The van der Waals surface area contributed by atoms with E-state index in [0.717, 1.165) is 49.7 Å². The highest BCUT2D eigenvalue weighted by molar-refractivity contribution is 7.99. The number of hydrogen-bond acceptors (Lipinski definition) is 27. The Kier molecular flexibility index (Phi) is 27.2. The number of rotatable bonds is 23. The first-order valence-electron chi connectivity index (χ1n) is 34.7. The number of aliphatic hydroxyl groups excluding tert-OH is 8. The SMILES string of the molecule is C=P(C)(C)CC[C@H]1OC(n2c(SCCCCC)nc3c(=O)[nH]c(C)nc32)[C@H](O)[C@@H]1O.C=P(C)(C)CC[C@H]1OC(n2cnc3c(=O)[nH]c(N(C)C)nc32)[C@H](O)[C@@H]1O.C=P(C)(C)CC[C@H]1OC(n2cnc3c(=O)[nH]c(NC)nc32)[C@H](O)[C@@H]1O.C=P(C)(C)CC[C@H]1OC(n2cnc3c(=S)nc(C)[nH]c32)[C@H](O)[C@@H]1O. The third-order valence-corrected chi connectivity index (χ3v) is 25.4. The molecule has 0 spiro atoms. The van der Waals surface area contributed by atoms with Crippen LogP contribution in [0, 0.1) is 18.5 Å². The van der Waals surface area contributed by atoms with Crippen molar-refractivity contribution in [1.29, 1.82) is 0 Å². The number of aryl methyl sites for hydroxylation is 2. The first-order valence-corrected chi connectivity index (χ1v) is 48.3. The van der Waals surface area contributed by atoms with Gasteiger partial charge in [0, 0.05) is 26.9 Å². The average Bonchev–Trinajstić information content (AvgIpc) is 1.64. The van der Waals surface area contributed by atoms with E-state index in [1.807, 2.05) is 0 Å². The minimum absolute atomic E-state index is 0.151. The number of nitrogens with one attached hydrogen (secondary N) is 5. The maximum absolute atomic E-state index is 12.4. The summed E-state index contributed by atoms with van der Waals surface area (Å²) in [6, 6.07) is 0. The Bertz CT molecular complexity index is 4800. The van der Waals surface area contributed by atoms with Crippen LogP contribution in [-0.4, -0.2) is 322 Å². The van der Waals surface area contributed by atoms with E-state index < -0.39 is 126 Å². The molecule has 4 saturated heterocycles. The summed E-state index contributed by atoms with van der Waals surface area (Å²) in [7, 11) is 5.15. The number of fused-ring (bicyclic) bond motifs is 4. The Morgan fingerprint density at radius 1 is 0.514 bits per heavy atom. The van der Waals surface area contributed by atoms with Gasteiger partial charge in [-0.25, -0.2) is 29.9 Å². The molecule has 0 bridgehead atoms. The topological polar surface area (TPSA) is 451 Å². The molecule has 8 aromatic rings. The second-order valence-corrected chi connectivity index (χ2v) is 48.9. The fraction of sp³-hybridized carbons (Fsp3) is 0.636. The lowest BCUT2D eigenvalue weighted by Crippen LogP contribution is -2.32. The van der Waals surface area contributed by atoms with Crippen LogP contribution >= 0.6 is 51.5 Å². The summed E-state index contributed by atoms with van der Waals surface area (Å²) in [4.78, 5) is 83.6. The first kappa shape index (κ1) is 83.5. The number of nitrogens with zero attached hydrogens (tertiary/aromatic N) is 13. The number of ether oxygens (including phenoxy) is 4. The third-order valence-electron chi connectivity index (χ3n) is 18.2. The fourth-order valence-electron chi connectivity index (χ4n) is 12.4. The molecule has 39 heteroatoms. The van der Waals surface area contributed by atoms with Gasteiger partial charge in [0.05, 0.1) is 43.4 Å². The molecule has 0 aliphatic carbocycles. The van der Waals surface area contributed by atoms with E-state index in [9.17, 15) is 55.2 Å². The molecule has 0 saturated carbocycles. The zero-order valence-electron chi connectivity index (χ0n) is 62.1. The predicted octanol–water partition coefficient (Wildman–Crippen LogP) is 3.73. The second-order valence-electron chi connectivity index (χ2n) is 30.2. The zero-order chi connectivity index (χ0) is 77.3. The van der Waals surface area contributed by atoms with E-state index >= 15 is 0 Å². The summed E-state index contributed by atoms with van der Waals surface area (Å²) in [5, 5.41) is 87.2. The largest absolute Gasteiger partial charge is 0.388 e. The van der Waals surface area contributed by atoms with Gasteiger partial charge in [0.25, 0.3) is 16.7 Å². The molecule has 582 valence electrons. The van der Waals surface area contributed by atoms with Gasteiger partial charge in [-0.15, -0.1) is 52.7 Å². The highest BCUT2D eigenvalue weighted by Crippen LogP contribution is 2.45. The molecule has 105 heavy (non-hydrogen) atoms. The molecule has 8 aromatic heterocycles. The molecule has 0 amide bonds. The number of thioether (sulfide) groups is 1. The van der Waals surface area contributed by atoms with Gasteiger partial charge in [0.15, 0.2) is 68.2 Å². The monoisotopic (exact) mass is 1580 g/mol. The maximum Gasteiger partial charge on any atom is 0.280 e. The van der Waals surface area contributed by atoms with Gasteiger partial charge in [0.1, 0.15) is 71.6 Å². The Morgan fingerprint density at radius 2 is 0.914 bits per heavy atom. The molecule has 12 heterocycles. The first-order chi connectivity index (χ1) is 49.1. The number of hydrogen-bond donors (Lipinski definition) is 13. The minimum atomic E-state index is -1.28. The molecule has 13 N–H and O–H groups in total. The van der Waals surface area contributed by atoms with Crippen molar-refractivity contribution < 1.29 is 59.8 Å². The van der Waals surface area contributed by atoms with Crippen LogP contribution in [-0.2, 0) is 18.9 Å². The van der Waals surface area contributed by atoms with Gasteiger partial charge in [-0.3, -0.25) is 42.6 Å². The summed E-state index contributed by atoms with van der Waals surface area (Å²) in [5.74, 6) is 2.61. The van der Waals surface area contributed by atoms with Crippen LogP contribution in [0.2, 0.25) is 0 Å². The van der Waals surface area contributed by atoms with Gasteiger partial charge in [-0.2, -0.15) is 9.97 Å². The molecule has 12 rings (SSSR count). The quantitative estimate of drug-likeness (QED) is 0.0188. The Morgan fingerprint density at radius 3 is 1.36 bits per heavy atom. The maximum atomic E-state index is 12.4. The Hall–Kier alpha value is -5.51. The molecule has 33 nitrogen and oxygen atoms in total. The molecule has 4 fully saturated rings. The van der Waals surface area contributed by atoms with Gasteiger partial charge in [-0.1, -0.05) is 43.7 Å². The van der Waals surface area contributed by atoms with Crippen molar-refractivity contribution >= 4 is 133 Å². The number of unbranched alkanes of at least 4 members (excludes halogenated alkanes) is 2. The van der Waals surface area contributed by atoms with Crippen molar-refractivity contribution in [3.05, 3.63) is 66.3 Å². The number of aliphatic hydroxyl groups is 8. The minimum Gasteiger partial charge on any atom is -0.388 e. The number of anilines is 2. The van der Waals surface area contributed by atoms with Crippen molar-refractivity contribution in [3.63, 3.8) is 0 Å². The predicted molar refractivity (Wildman–Crippen MR) is 426 cm³/mol. The lowest BCUT2D eigenvalue weighted by Gasteiger charge is -2.20. The molecule has 4 unspecified atom stereocenters. The van der Waals surface area contributed by atoms with E-state index in [2.05, 4.69) is 151 Å². The molecule has 4 aliphatic rings. The molecule has 16 atom stereocenters. The highest BCUT2D eigenvalue weighted by Gasteiger charge is 2.48. The zero-order valence-corrected chi connectivity index (χ0v) is 67.3. The fourth-order valence-corrected chi connectivity index (χ4v) is 17.5. The molecular weight excluding hydrogens is 1470 g/mol. The van der Waals surface area contributed by atoms with Crippen molar-refractivity contribution in [1.82, 2.24) is 78.1 Å². The number of H-pyrrole nitrogens is 4. The van der Waals surface area contributed by atoms with E-state index in [-0.39, 0.29) is 44.8 Å². The van der Waals surface area contributed by atoms with Gasteiger partial charge >= 0.3 is 0 Å². The van der Waals surface area contributed by atoms with Crippen LogP contribution < -0.4 is 26.9 Å². The smallest absolute Gasteiger partial charge is 0.280 e. The van der Waals surface area contributed by atoms with Crippen LogP contribution in [0.15, 0.2) is 38.5 Å². The van der Waals surface area contributed by atoms with Crippen molar-refractivity contribution in [3.8, 4) is 0 Å².